The van der Waals surface area contributed by atoms with Crippen molar-refractivity contribution in [1.82, 2.24) is 4.72 Å². The van der Waals surface area contributed by atoms with Gasteiger partial charge in [-0.15, -0.1) is 0 Å². The van der Waals surface area contributed by atoms with Gasteiger partial charge in [0.25, 0.3) is 0 Å². The molecular formula is C16H26N2O2S. The molecule has 5 heteroatoms. The summed E-state index contributed by atoms with van der Waals surface area (Å²) in [6.45, 7) is 4.63. The topological polar surface area (TPSA) is 58.2 Å². The number of para-hydroxylation sites is 1. The molecule has 0 radical (unpaired) electrons. The molecule has 118 valence electrons. The van der Waals surface area contributed by atoms with Gasteiger partial charge in [-0.2, -0.15) is 0 Å². The molecule has 0 spiro atoms. The Kier molecular flexibility index (Phi) is 4.94. The molecule has 2 N–H and O–H groups in total. The molecule has 1 atom stereocenters. The van der Waals surface area contributed by atoms with Gasteiger partial charge in [-0.25, -0.2) is 13.1 Å². The molecule has 1 aromatic rings. The van der Waals surface area contributed by atoms with Crippen molar-refractivity contribution < 1.29 is 8.42 Å². The molecule has 1 unspecified atom stereocenters. The van der Waals surface area contributed by atoms with Crippen LogP contribution in [-0.2, 0) is 10.0 Å². The SMILES string of the molecule is CNS(=O)(=O)c1ccccc1NC1CCCC(C)(C)CC1. The summed E-state index contributed by atoms with van der Waals surface area (Å²) in [4.78, 5) is 0.330. The molecule has 0 saturated heterocycles. The lowest BCUT2D eigenvalue weighted by molar-refractivity contribution is 0.313. The van der Waals surface area contributed by atoms with Crippen LogP contribution in [-0.4, -0.2) is 21.5 Å². The zero-order chi connectivity index (χ0) is 15.5. The molecule has 1 aliphatic rings. The van der Waals surface area contributed by atoms with E-state index in [0.29, 0.717) is 22.0 Å². The van der Waals surface area contributed by atoms with E-state index in [4.69, 9.17) is 0 Å². The van der Waals surface area contributed by atoms with Gasteiger partial charge < -0.3 is 5.32 Å². The van der Waals surface area contributed by atoms with Crippen molar-refractivity contribution in [2.24, 2.45) is 5.41 Å². The first-order valence-corrected chi connectivity index (χ1v) is 9.11. The molecule has 1 aromatic carbocycles. The smallest absolute Gasteiger partial charge is 0.242 e. The highest BCUT2D eigenvalue weighted by atomic mass is 32.2. The largest absolute Gasteiger partial charge is 0.381 e. The Morgan fingerprint density at radius 1 is 1.14 bits per heavy atom. The minimum absolute atomic E-state index is 0.330. The first kappa shape index (κ1) is 16.3. The highest BCUT2D eigenvalue weighted by Crippen LogP contribution is 2.35. The molecule has 1 saturated carbocycles. The third-order valence-electron chi connectivity index (χ3n) is 4.38. The lowest BCUT2D eigenvalue weighted by Crippen LogP contribution is -2.24. The molecule has 2 rings (SSSR count). The Balaban J connectivity index is 2.17. The van der Waals surface area contributed by atoms with E-state index in [9.17, 15) is 8.42 Å². The number of rotatable bonds is 4. The summed E-state index contributed by atoms with van der Waals surface area (Å²) in [5.41, 5.74) is 1.10. The maximum atomic E-state index is 12.1. The minimum Gasteiger partial charge on any atom is -0.381 e. The van der Waals surface area contributed by atoms with Crippen LogP contribution >= 0.6 is 0 Å². The summed E-state index contributed by atoms with van der Waals surface area (Å²) in [7, 11) is -1.98. The van der Waals surface area contributed by atoms with Crippen LogP contribution in [0.1, 0.15) is 46.0 Å². The van der Waals surface area contributed by atoms with Crippen LogP contribution in [0.5, 0.6) is 0 Å². The van der Waals surface area contributed by atoms with Crippen LogP contribution in [0.25, 0.3) is 0 Å². The number of anilines is 1. The van der Waals surface area contributed by atoms with Gasteiger partial charge in [0, 0.05) is 6.04 Å². The summed E-state index contributed by atoms with van der Waals surface area (Å²) in [6, 6.07) is 7.47. The maximum Gasteiger partial charge on any atom is 0.242 e. The third kappa shape index (κ3) is 4.20. The van der Waals surface area contributed by atoms with Crippen molar-refractivity contribution >= 4 is 15.7 Å². The normalized spacial score (nSPS) is 22.5. The Bertz CT molecular complexity index is 582. The number of nitrogens with one attached hydrogen (secondary N) is 2. The van der Waals surface area contributed by atoms with Gasteiger partial charge in [0.1, 0.15) is 4.90 Å². The van der Waals surface area contributed by atoms with E-state index in [2.05, 4.69) is 23.9 Å². The number of benzene rings is 1. The van der Waals surface area contributed by atoms with Gasteiger partial charge in [-0.1, -0.05) is 32.4 Å². The molecule has 0 amide bonds. The Labute approximate surface area is 128 Å². The van der Waals surface area contributed by atoms with Crippen molar-refractivity contribution in [1.29, 1.82) is 0 Å². The van der Waals surface area contributed by atoms with E-state index in [-0.39, 0.29) is 0 Å². The van der Waals surface area contributed by atoms with E-state index in [1.54, 1.807) is 12.1 Å². The van der Waals surface area contributed by atoms with Gasteiger partial charge in [0.05, 0.1) is 5.69 Å². The summed E-state index contributed by atoms with van der Waals surface area (Å²) in [5.74, 6) is 0. The second-order valence-electron chi connectivity index (χ2n) is 6.64. The van der Waals surface area contributed by atoms with Gasteiger partial charge in [-0.3, -0.25) is 0 Å². The molecule has 4 nitrogen and oxygen atoms in total. The van der Waals surface area contributed by atoms with Gasteiger partial charge in [-0.05, 0) is 50.3 Å². The molecule has 1 fully saturated rings. The Morgan fingerprint density at radius 3 is 2.57 bits per heavy atom. The van der Waals surface area contributed by atoms with Crippen LogP contribution in [0.4, 0.5) is 5.69 Å². The second kappa shape index (κ2) is 6.36. The molecule has 0 bridgehead atoms. The molecule has 0 aliphatic heterocycles. The van der Waals surface area contributed by atoms with Crippen molar-refractivity contribution in [3.63, 3.8) is 0 Å². The first-order chi connectivity index (χ1) is 9.84. The van der Waals surface area contributed by atoms with E-state index in [0.717, 1.165) is 12.8 Å². The van der Waals surface area contributed by atoms with Crippen molar-refractivity contribution in [2.45, 2.75) is 56.9 Å². The summed E-state index contributed by atoms with van der Waals surface area (Å²) >= 11 is 0. The molecular weight excluding hydrogens is 284 g/mol. The number of hydrogen-bond acceptors (Lipinski definition) is 3. The zero-order valence-electron chi connectivity index (χ0n) is 13.1. The Morgan fingerprint density at radius 2 is 1.86 bits per heavy atom. The maximum absolute atomic E-state index is 12.1. The van der Waals surface area contributed by atoms with Crippen molar-refractivity contribution in [2.75, 3.05) is 12.4 Å². The number of hydrogen-bond donors (Lipinski definition) is 2. The zero-order valence-corrected chi connectivity index (χ0v) is 14.0. The lowest BCUT2D eigenvalue weighted by atomic mass is 9.85. The molecule has 0 heterocycles. The lowest BCUT2D eigenvalue weighted by Gasteiger charge is -2.23. The van der Waals surface area contributed by atoms with Crippen LogP contribution in [0, 0.1) is 5.41 Å². The monoisotopic (exact) mass is 310 g/mol. The van der Waals surface area contributed by atoms with E-state index >= 15 is 0 Å². The van der Waals surface area contributed by atoms with Crippen LogP contribution in [0.2, 0.25) is 0 Å². The average Bonchev–Trinajstić information content (AvgIpc) is 2.61. The Hall–Kier alpha value is -1.07. The molecule has 21 heavy (non-hydrogen) atoms. The van der Waals surface area contributed by atoms with E-state index in [1.807, 2.05) is 12.1 Å². The molecule has 0 aromatic heterocycles. The predicted octanol–water partition coefficient (Wildman–Crippen LogP) is 3.37. The highest BCUT2D eigenvalue weighted by molar-refractivity contribution is 7.89. The van der Waals surface area contributed by atoms with Crippen LogP contribution in [0.3, 0.4) is 0 Å². The fourth-order valence-corrected chi connectivity index (χ4v) is 3.85. The number of sulfonamides is 1. The first-order valence-electron chi connectivity index (χ1n) is 7.63. The van der Waals surface area contributed by atoms with Crippen LogP contribution < -0.4 is 10.0 Å². The minimum atomic E-state index is -3.42. The fourth-order valence-electron chi connectivity index (χ4n) is 2.96. The third-order valence-corrected chi connectivity index (χ3v) is 5.85. The standard InChI is InChI=1S/C16H26N2O2S/c1-16(2)11-6-7-13(10-12-16)18-14-8-4-5-9-15(14)21(19,20)17-3/h4-5,8-9,13,17-18H,6-7,10-12H2,1-3H3. The van der Waals surface area contributed by atoms with Gasteiger partial charge in [0.2, 0.25) is 10.0 Å². The van der Waals surface area contributed by atoms with E-state index in [1.165, 1.54) is 26.3 Å². The molecule has 1 aliphatic carbocycles. The highest BCUT2D eigenvalue weighted by Gasteiger charge is 2.25. The summed E-state index contributed by atoms with van der Waals surface area (Å²) < 4.78 is 26.6. The van der Waals surface area contributed by atoms with Crippen molar-refractivity contribution in [3.05, 3.63) is 24.3 Å². The van der Waals surface area contributed by atoms with Crippen molar-refractivity contribution in [3.8, 4) is 0 Å². The predicted molar refractivity (Wildman–Crippen MR) is 87.0 cm³/mol. The van der Waals surface area contributed by atoms with Gasteiger partial charge in [0.15, 0.2) is 0 Å². The van der Waals surface area contributed by atoms with E-state index < -0.39 is 10.0 Å². The fraction of sp³-hybridized carbons (Fsp3) is 0.625. The van der Waals surface area contributed by atoms with Gasteiger partial charge >= 0.3 is 0 Å². The second-order valence-corrected chi connectivity index (χ2v) is 8.50. The van der Waals surface area contributed by atoms with Crippen LogP contribution in [0.15, 0.2) is 29.2 Å². The quantitative estimate of drug-likeness (QED) is 0.838. The summed E-state index contributed by atoms with van der Waals surface area (Å²) in [5, 5.41) is 3.45. The summed E-state index contributed by atoms with van der Waals surface area (Å²) in [6.07, 6.45) is 5.77. The average molecular weight is 310 g/mol.